The molecule has 1 N–H and O–H groups in total. The monoisotopic (exact) mass is 617 g/mol. The van der Waals surface area contributed by atoms with Gasteiger partial charge in [0.15, 0.2) is 0 Å². The lowest BCUT2D eigenvalue weighted by molar-refractivity contribution is -0.123. The lowest BCUT2D eigenvalue weighted by Gasteiger charge is -2.25. The van der Waals surface area contributed by atoms with Gasteiger partial charge in [-0.15, -0.1) is 0 Å². The molecule has 4 aromatic rings. The standard InChI is InChI=1S/C34H33Cl2N3O4/c1-34(14-10-23-18-24(5-8-29(23)36)32(40)38-17-13-22-11-15-37-16-12-22)28-19-26(35)6-9-30(28)39(33(34)41)21-25-4-7-27(42-2)20-31(25)43-3/h4-9,11-12,15-16,18-20H,10,13-14,17,21H2,1-3H3,(H,38,40). The quantitative estimate of drug-likeness (QED) is 0.200. The average Bonchev–Trinajstić information content (AvgIpc) is 3.22. The van der Waals surface area contributed by atoms with Crippen LogP contribution >= 0.6 is 23.2 Å². The summed E-state index contributed by atoms with van der Waals surface area (Å²) in [6.07, 6.45) is 5.14. The minimum Gasteiger partial charge on any atom is -0.497 e. The number of rotatable bonds is 11. The Labute approximate surface area is 261 Å². The number of pyridine rings is 1. The molecule has 1 atom stereocenters. The molecule has 1 aliphatic heterocycles. The van der Waals surface area contributed by atoms with Crippen LogP contribution in [0, 0.1) is 0 Å². The van der Waals surface area contributed by atoms with Crippen LogP contribution in [0.1, 0.15) is 46.0 Å². The Morgan fingerprint density at radius 1 is 0.930 bits per heavy atom. The van der Waals surface area contributed by atoms with Crippen molar-refractivity contribution < 1.29 is 19.1 Å². The molecule has 0 saturated heterocycles. The van der Waals surface area contributed by atoms with Gasteiger partial charge in [-0.25, -0.2) is 0 Å². The Hall–Kier alpha value is -4.07. The first-order valence-electron chi connectivity index (χ1n) is 14.0. The molecule has 0 saturated carbocycles. The number of carbonyl (C=O) groups is 2. The number of aromatic nitrogens is 1. The number of methoxy groups -OCH3 is 2. The molecule has 0 radical (unpaired) electrons. The van der Waals surface area contributed by atoms with Gasteiger partial charge in [-0.05, 0) is 104 Å². The number of amides is 2. The first kappa shape index (κ1) is 30.4. The first-order valence-corrected chi connectivity index (χ1v) is 14.8. The van der Waals surface area contributed by atoms with E-state index in [-0.39, 0.29) is 11.8 Å². The summed E-state index contributed by atoms with van der Waals surface area (Å²) >= 11 is 13.0. The molecule has 9 heteroatoms. The molecule has 0 fully saturated rings. The van der Waals surface area contributed by atoms with Crippen molar-refractivity contribution in [2.45, 2.75) is 38.1 Å². The number of nitrogens with zero attached hydrogens (tertiary/aromatic N) is 2. The van der Waals surface area contributed by atoms with E-state index < -0.39 is 5.41 Å². The predicted molar refractivity (Wildman–Crippen MR) is 170 cm³/mol. The molecular weight excluding hydrogens is 585 g/mol. The van der Waals surface area contributed by atoms with Crippen LogP contribution in [0.15, 0.2) is 79.1 Å². The van der Waals surface area contributed by atoms with Crippen molar-refractivity contribution in [2.75, 3.05) is 25.7 Å². The third-order valence-electron chi connectivity index (χ3n) is 8.03. The summed E-state index contributed by atoms with van der Waals surface area (Å²) in [4.78, 5) is 32.9. The van der Waals surface area contributed by atoms with Gasteiger partial charge in [0.2, 0.25) is 5.91 Å². The fourth-order valence-electron chi connectivity index (χ4n) is 5.52. The second-order valence-corrected chi connectivity index (χ2v) is 11.6. The number of carbonyl (C=O) groups excluding carboxylic acids is 2. The minimum absolute atomic E-state index is 0.0382. The SMILES string of the molecule is COc1ccc(CN2C(=O)C(C)(CCc3cc(C(=O)NCCc4ccncc4)ccc3Cl)c3cc(Cl)ccc32)c(OC)c1. The first-order chi connectivity index (χ1) is 20.7. The Morgan fingerprint density at radius 3 is 2.47 bits per heavy atom. The lowest BCUT2D eigenvalue weighted by atomic mass is 9.78. The maximum Gasteiger partial charge on any atom is 0.251 e. The maximum absolute atomic E-state index is 14.2. The van der Waals surface area contributed by atoms with Gasteiger partial charge in [0, 0.05) is 51.9 Å². The van der Waals surface area contributed by atoms with Crippen LogP contribution in [-0.2, 0) is 29.6 Å². The summed E-state index contributed by atoms with van der Waals surface area (Å²) in [6, 6.07) is 20.2. The van der Waals surface area contributed by atoms with Crippen molar-refractivity contribution in [2.24, 2.45) is 0 Å². The van der Waals surface area contributed by atoms with Gasteiger partial charge in [0.1, 0.15) is 11.5 Å². The molecule has 5 rings (SSSR count). The van der Waals surface area contributed by atoms with E-state index in [1.807, 2.05) is 55.5 Å². The maximum atomic E-state index is 14.2. The zero-order chi connectivity index (χ0) is 30.6. The molecule has 0 aliphatic carbocycles. The Bertz CT molecular complexity index is 1650. The summed E-state index contributed by atoms with van der Waals surface area (Å²) in [7, 11) is 3.20. The van der Waals surface area contributed by atoms with E-state index in [1.165, 1.54) is 0 Å². The van der Waals surface area contributed by atoms with Crippen LogP contribution in [0.2, 0.25) is 10.0 Å². The van der Waals surface area contributed by atoms with Crippen LogP contribution in [0.4, 0.5) is 5.69 Å². The van der Waals surface area contributed by atoms with E-state index >= 15 is 0 Å². The molecule has 43 heavy (non-hydrogen) atoms. The zero-order valence-corrected chi connectivity index (χ0v) is 25.8. The molecule has 1 aromatic heterocycles. The van der Waals surface area contributed by atoms with Gasteiger partial charge in [-0.1, -0.05) is 23.2 Å². The Balaban J connectivity index is 1.34. The van der Waals surface area contributed by atoms with Crippen LogP contribution in [-0.4, -0.2) is 37.6 Å². The molecule has 1 aliphatic rings. The number of hydrogen-bond acceptors (Lipinski definition) is 5. The van der Waals surface area contributed by atoms with Crippen LogP contribution in [0.25, 0.3) is 0 Å². The van der Waals surface area contributed by atoms with Gasteiger partial charge in [-0.3, -0.25) is 14.6 Å². The topological polar surface area (TPSA) is 80.8 Å². The molecular formula is C34H33Cl2N3O4. The van der Waals surface area contributed by atoms with Gasteiger partial charge in [0.05, 0.1) is 26.2 Å². The minimum atomic E-state index is -0.855. The number of ether oxygens (including phenoxy) is 2. The summed E-state index contributed by atoms with van der Waals surface area (Å²) in [6.45, 7) is 2.77. The number of nitrogens with one attached hydrogen (secondary N) is 1. The van der Waals surface area contributed by atoms with Crippen molar-refractivity contribution in [1.29, 1.82) is 0 Å². The fourth-order valence-corrected chi connectivity index (χ4v) is 5.91. The van der Waals surface area contributed by atoms with Crippen molar-refractivity contribution in [3.05, 3.63) is 117 Å². The Kier molecular flexibility index (Phi) is 9.23. The second kappa shape index (κ2) is 13.1. The second-order valence-electron chi connectivity index (χ2n) is 10.7. The smallest absolute Gasteiger partial charge is 0.251 e. The van der Waals surface area contributed by atoms with E-state index in [1.54, 1.807) is 49.7 Å². The molecule has 0 spiro atoms. The van der Waals surface area contributed by atoms with Gasteiger partial charge in [-0.2, -0.15) is 0 Å². The van der Waals surface area contributed by atoms with Crippen LogP contribution in [0.3, 0.4) is 0 Å². The largest absolute Gasteiger partial charge is 0.497 e. The molecule has 222 valence electrons. The number of anilines is 1. The summed E-state index contributed by atoms with van der Waals surface area (Å²) < 4.78 is 10.9. The normalized spacial score (nSPS) is 15.7. The van der Waals surface area contributed by atoms with E-state index in [9.17, 15) is 9.59 Å². The highest BCUT2D eigenvalue weighted by Gasteiger charge is 2.47. The van der Waals surface area contributed by atoms with Crippen molar-refractivity contribution >= 4 is 40.7 Å². The summed E-state index contributed by atoms with van der Waals surface area (Å²) in [5, 5.41) is 4.08. The van der Waals surface area contributed by atoms with Gasteiger partial charge >= 0.3 is 0 Å². The molecule has 2 heterocycles. The van der Waals surface area contributed by atoms with Crippen LogP contribution in [0.5, 0.6) is 11.5 Å². The highest BCUT2D eigenvalue weighted by molar-refractivity contribution is 6.31. The summed E-state index contributed by atoms with van der Waals surface area (Å²) in [5.41, 5.74) is 4.09. The van der Waals surface area contributed by atoms with E-state index in [4.69, 9.17) is 32.7 Å². The Morgan fingerprint density at radius 2 is 1.72 bits per heavy atom. The van der Waals surface area contributed by atoms with Crippen molar-refractivity contribution in [1.82, 2.24) is 10.3 Å². The predicted octanol–water partition coefficient (Wildman–Crippen LogP) is 6.82. The molecule has 0 bridgehead atoms. The van der Waals surface area contributed by atoms with Crippen LogP contribution < -0.4 is 19.7 Å². The van der Waals surface area contributed by atoms with Gasteiger partial charge in [0.25, 0.3) is 5.91 Å². The van der Waals surface area contributed by atoms with E-state index in [0.717, 1.165) is 27.9 Å². The van der Waals surface area contributed by atoms with Crippen molar-refractivity contribution in [3.63, 3.8) is 0 Å². The highest BCUT2D eigenvalue weighted by Crippen LogP contribution is 2.47. The molecule has 7 nitrogen and oxygen atoms in total. The summed E-state index contributed by atoms with van der Waals surface area (Å²) in [5.74, 6) is 1.10. The van der Waals surface area contributed by atoms with Gasteiger partial charge < -0.3 is 19.7 Å². The number of benzene rings is 3. The van der Waals surface area contributed by atoms with E-state index in [0.29, 0.717) is 59.5 Å². The lowest BCUT2D eigenvalue weighted by Crippen LogP contribution is -2.38. The number of fused-ring (bicyclic) bond motifs is 1. The number of hydrogen-bond donors (Lipinski definition) is 1. The fraction of sp³-hybridized carbons (Fsp3) is 0.265. The van der Waals surface area contributed by atoms with Crippen molar-refractivity contribution in [3.8, 4) is 11.5 Å². The number of halogens is 2. The molecule has 2 amide bonds. The molecule has 1 unspecified atom stereocenters. The zero-order valence-electron chi connectivity index (χ0n) is 24.3. The molecule has 3 aromatic carbocycles. The number of aryl methyl sites for hydroxylation is 1. The highest BCUT2D eigenvalue weighted by atomic mass is 35.5. The van der Waals surface area contributed by atoms with E-state index in [2.05, 4.69) is 10.3 Å². The third kappa shape index (κ3) is 6.48. The third-order valence-corrected chi connectivity index (χ3v) is 8.64. The average molecular weight is 619 g/mol.